The fourth-order valence-corrected chi connectivity index (χ4v) is 3.86. The predicted molar refractivity (Wildman–Crippen MR) is 81.0 cm³/mol. The molecule has 0 aromatic carbocycles. The minimum atomic E-state index is 0.479. The lowest BCUT2D eigenvalue weighted by Crippen LogP contribution is -2.39. The Morgan fingerprint density at radius 1 is 1.21 bits per heavy atom. The van der Waals surface area contributed by atoms with Crippen molar-refractivity contribution in [3.8, 4) is 0 Å². The van der Waals surface area contributed by atoms with E-state index in [0.717, 1.165) is 18.4 Å². The van der Waals surface area contributed by atoms with Crippen molar-refractivity contribution in [1.29, 1.82) is 0 Å². The van der Waals surface area contributed by atoms with Gasteiger partial charge in [0.05, 0.1) is 12.9 Å². The van der Waals surface area contributed by atoms with Crippen molar-refractivity contribution in [2.24, 2.45) is 17.3 Å². The molecule has 110 valence electrons. The molecule has 0 amide bonds. The standard InChI is InChI=1S/C17H31NO/c1-17(2,3)15-9-7-13(8-10-15)16(18-4)14-6-5-11-19-12-14/h12-13,15-16,18H,5-11H2,1-4H3. The number of ether oxygens (including phenoxy) is 1. The first kappa shape index (κ1) is 14.9. The molecule has 0 aromatic rings. The molecule has 0 radical (unpaired) electrons. The van der Waals surface area contributed by atoms with Gasteiger partial charge in [0.2, 0.25) is 0 Å². The molecule has 0 saturated heterocycles. The third-order valence-electron chi connectivity index (χ3n) is 5.14. The van der Waals surface area contributed by atoms with Gasteiger partial charge in [-0.2, -0.15) is 0 Å². The lowest BCUT2D eigenvalue weighted by Gasteiger charge is -2.40. The molecule has 0 aromatic heterocycles. The Labute approximate surface area is 119 Å². The van der Waals surface area contributed by atoms with E-state index in [1.807, 2.05) is 6.26 Å². The topological polar surface area (TPSA) is 21.3 Å². The lowest BCUT2D eigenvalue weighted by molar-refractivity contribution is 0.135. The molecule has 1 saturated carbocycles. The van der Waals surface area contributed by atoms with E-state index in [-0.39, 0.29) is 0 Å². The van der Waals surface area contributed by atoms with Crippen LogP contribution in [0.4, 0.5) is 0 Å². The first-order valence-corrected chi connectivity index (χ1v) is 8.00. The first-order valence-electron chi connectivity index (χ1n) is 8.00. The highest BCUT2D eigenvalue weighted by molar-refractivity contribution is 5.12. The van der Waals surface area contributed by atoms with Gasteiger partial charge in [0.25, 0.3) is 0 Å². The van der Waals surface area contributed by atoms with Crippen LogP contribution in [0.2, 0.25) is 0 Å². The summed E-state index contributed by atoms with van der Waals surface area (Å²) in [6.45, 7) is 8.08. The van der Waals surface area contributed by atoms with E-state index in [4.69, 9.17) is 4.74 Å². The number of nitrogens with one attached hydrogen (secondary N) is 1. The Balaban J connectivity index is 1.93. The van der Waals surface area contributed by atoms with Crippen molar-refractivity contribution in [3.63, 3.8) is 0 Å². The van der Waals surface area contributed by atoms with Gasteiger partial charge in [-0.1, -0.05) is 20.8 Å². The average molecular weight is 265 g/mol. The van der Waals surface area contributed by atoms with Gasteiger partial charge < -0.3 is 10.1 Å². The van der Waals surface area contributed by atoms with E-state index in [2.05, 4.69) is 33.1 Å². The molecule has 1 fully saturated rings. The van der Waals surface area contributed by atoms with Crippen LogP contribution in [0.5, 0.6) is 0 Å². The molecule has 2 rings (SSSR count). The predicted octanol–water partition coefficient (Wildman–Crippen LogP) is 4.12. The molecule has 1 atom stereocenters. The smallest absolute Gasteiger partial charge is 0.0876 e. The third-order valence-corrected chi connectivity index (χ3v) is 5.14. The van der Waals surface area contributed by atoms with E-state index in [0.29, 0.717) is 11.5 Å². The molecule has 0 bridgehead atoms. The molecule has 2 nitrogen and oxygen atoms in total. The van der Waals surface area contributed by atoms with Gasteiger partial charge in [-0.3, -0.25) is 0 Å². The van der Waals surface area contributed by atoms with E-state index in [1.165, 1.54) is 44.1 Å². The SMILES string of the molecule is CNC(C1=COCCC1)C1CCC(C(C)(C)C)CC1. The Hall–Kier alpha value is -0.500. The Morgan fingerprint density at radius 2 is 1.89 bits per heavy atom. The highest BCUT2D eigenvalue weighted by atomic mass is 16.5. The van der Waals surface area contributed by atoms with Gasteiger partial charge in [0.1, 0.15) is 0 Å². The third kappa shape index (κ3) is 3.75. The minimum absolute atomic E-state index is 0.479. The van der Waals surface area contributed by atoms with Crippen LogP contribution in [0.15, 0.2) is 11.8 Å². The normalized spacial score (nSPS) is 30.4. The molecule has 1 aliphatic carbocycles. The summed E-state index contributed by atoms with van der Waals surface area (Å²) in [4.78, 5) is 0. The van der Waals surface area contributed by atoms with Gasteiger partial charge >= 0.3 is 0 Å². The van der Waals surface area contributed by atoms with Crippen LogP contribution in [0.1, 0.15) is 59.3 Å². The fraction of sp³-hybridized carbons (Fsp3) is 0.882. The number of hydrogen-bond acceptors (Lipinski definition) is 2. The molecule has 19 heavy (non-hydrogen) atoms. The van der Waals surface area contributed by atoms with Crippen LogP contribution in [0.3, 0.4) is 0 Å². The monoisotopic (exact) mass is 265 g/mol. The maximum atomic E-state index is 5.53. The van der Waals surface area contributed by atoms with Gasteiger partial charge in [0, 0.05) is 6.04 Å². The summed E-state index contributed by atoms with van der Waals surface area (Å²) >= 11 is 0. The second kappa shape index (κ2) is 6.30. The number of likely N-dealkylation sites (N-methyl/N-ethyl adjacent to an activating group) is 1. The van der Waals surface area contributed by atoms with Crippen molar-refractivity contribution in [1.82, 2.24) is 5.32 Å². The minimum Gasteiger partial charge on any atom is -0.501 e. The van der Waals surface area contributed by atoms with Gasteiger partial charge in [-0.25, -0.2) is 0 Å². The van der Waals surface area contributed by atoms with Crippen molar-refractivity contribution >= 4 is 0 Å². The maximum absolute atomic E-state index is 5.53. The average Bonchev–Trinajstić information content (AvgIpc) is 2.40. The second-order valence-electron chi connectivity index (χ2n) is 7.41. The molecule has 0 spiro atoms. The summed E-state index contributed by atoms with van der Waals surface area (Å²) < 4.78 is 5.53. The summed E-state index contributed by atoms with van der Waals surface area (Å²) in [7, 11) is 2.11. The van der Waals surface area contributed by atoms with Crippen LogP contribution in [-0.4, -0.2) is 19.7 Å². The zero-order chi connectivity index (χ0) is 13.9. The summed E-state index contributed by atoms with van der Waals surface area (Å²) in [6, 6.07) is 0.543. The molecule has 1 N–H and O–H groups in total. The zero-order valence-corrected chi connectivity index (χ0v) is 13.2. The second-order valence-corrected chi connectivity index (χ2v) is 7.41. The van der Waals surface area contributed by atoms with Crippen molar-refractivity contribution in [3.05, 3.63) is 11.8 Å². The van der Waals surface area contributed by atoms with Crippen molar-refractivity contribution < 1.29 is 4.74 Å². The number of hydrogen-bond donors (Lipinski definition) is 1. The largest absolute Gasteiger partial charge is 0.501 e. The molecule has 1 aliphatic heterocycles. The molecule has 1 unspecified atom stereocenters. The summed E-state index contributed by atoms with van der Waals surface area (Å²) in [5.74, 6) is 1.70. The molecular formula is C17H31NO. The lowest BCUT2D eigenvalue weighted by atomic mass is 9.68. The van der Waals surface area contributed by atoms with Gasteiger partial charge in [-0.05, 0) is 68.4 Å². The van der Waals surface area contributed by atoms with Crippen LogP contribution in [-0.2, 0) is 4.74 Å². The quantitative estimate of drug-likeness (QED) is 0.828. The molecule has 1 heterocycles. The van der Waals surface area contributed by atoms with Crippen LogP contribution in [0, 0.1) is 17.3 Å². The van der Waals surface area contributed by atoms with Gasteiger partial charge in [0.15, 0.2) is 0 Å². The maximum Gasteiger partial charge on any atom is 0.0876 e. The van der Waals surface area contributed by atoms with Crippen LogP contribution < -0.4 is 5.32 Å². The van der Waals surface area contributed by atoms with E-state index >= 15 is 0 Å². The van der Waals surface area contributed by atoms with Crippen molar-refractivity contribution in [2.75, 3.05) is 13.7 Å². The zero-order valence-electron chi connectivity index (χ0n) is 13.2. The molecular weight excluding hydrogens is 234 g/mol. The Bertz CT molecular complexity index is 308. The molecule has 2 heteroatoms. The Morgan fingerprint density at radius 3 is 2.37 bits per heavy atom. The van der Waals surface area contributed by atoms with E-state index in [1.54, 1.807) is 0 Å². The van der Waals surface area contributed by atoms with Gasteiger partial charge in [-0.15, -0.1) is 0 Å². The Kier molecular flexibility index (Phi) is 4.94. The van der Waals surface area contributed by atoms with Crippen LogP contribution >= 0.6 is 0 Å². The molecule has 2 aliphatic rings. The highest BCUT2D eigenvalue weighted by Crippen LogP contribution is 2.41. The van der Waals surface area contributed by atoms with E-state index < -0.39 is 0 Å². The number of rotatable bonds is 3. The summed E-state index contributed by atoms with van der Waals surface area (Å²) in [6.07, 6.45) is 9.93. The first-order chi connectivity index (χ1) is 9.02. The van der Waals surface area contributed by atoms with Crippen LogP contribution in [0.25, 0.3) is 0 Å². The summed E-state index contributed by atoms with van der Waals surface area (Å²) in [5, 5.41) is 3.55. The van der Waals surface area contributed by atoms with Crippen molar-refractivity contribution in [2.45, 2.75) is 65.3 Å². The summed E-state index contributed by atoms with van der Waals surface area (Å²) in [5.41, 5.74) is 1.97. The highest BCUT2D eigenvalue weighted by Gasteiger charge is 2.33. The fourth-order valence-electron chi connectivity index (χ4n) is 3.86. The van der Waals surface area contributed by atoms with E-state index in [9.17, 15) is 0 Å².